The molecule has 1 fully saturated rings. The molecule has 4 aromatic rings. The summed E-state index contributed by atoms with van der Waals surface area (Å²) in [5.41, 5.74) is 2.50. The van der Waals surface area contributed by atoms with E-state index in [1.54, 1.807) is 23.1 Å². The highest BCUT2D eigenvalue weighted by Gasteiger charge is 2.27. The first-order valence-corrected chi connectivity index (χ1v) is 16.9. The van der Waals surface area contributed by atoms with E-state index in [1.165, 1.54) is 38.1 Å². The van der Waals surface area contributed by atoms with E-state index < -0.39 is 41.8 Å². The monoisotopic (exact) mass is 732 g/mol. The summed E-state index contributed by atoms with van der Waals surface area (Å²) < 4.78 is 44.2. The van der Waals surface area contributed by atoms with Crippen molar-refractivity contribution in [3.05, 3.63) is 142 Å². The number of rotatable bonds is 12. The van der Waals surface area contributed by atoms with Crippen LogP contribution in [0.2, 0.25) is 0 Å². The molecule has 0 aromatic heterocycles. The molecule has 1 aliphatic rings. The molecule has 53 heavy (non-hydrogen) atoms. The average molecular weight is 733 g/mol. The number of halogens is 2. The summed E-state index contributed by atoms with van der Waals surface area (Å²) in [5, 5.41) is 19.5. The minimum absolute atomic E-state index is 0.0430. The van der Waals surface area contributed by atoms with Crippen LogP contribution in [-0.4, -0.2) is 83.2 Å². The summed E-state index contributed by atoms with van der Waals surface area (Å²) in [5.74, 6) is -2.06. The van der Waals surface area contributed by atoms with Crippen LogP contribution >= 0.6 is 0 Å². The molecule has 2 N–H and O–H groups in total. The zero-order valence-electron chi connectivity index (χ0n) is 29.5. The van der Waals surface area contributed by atoms with Gasteiger partial charge in [0.05, 0.1) is 43.5 Å². The van der Waals surface area contributed by atoms with Crippen molar-refractivity contribution < 1.29 is 52.4 Å². The van der Waals surface area contributed by atoms with Crippen molar-refractivity contribution in [3.63, 3.8) is 0 Å². The molecular weight excluding hydrogens is 690 g/mol. The van der Waals surface area contributed by atoms with Crippen LogP contribution in [0.3, 0.4) is 0 Å². The third kappa shape index (κ3) is 12.0. The van der Waals surface area contributed by atoms with Gasteiger partial charge in [0.15, 0.2) is 11.6 Å². The molecule has 0 radical (unpaired) electrons. The molecular formula is C40H42F2N2O9. The van der Waals surface area contributed by atoms with Crippen LogP contribution < -0.4 is 0 Å². The van der Waals surface area contributed by atoms with Crippen LogP contribution in [0.1, 0.15) is 69.0 Å². The highest BCUT2D eigenvalue weighted by atomic mass is 19.1. The molecule has 2 atom stereocenters. The lowest BCUT2D eigenvalue weighted by Gasteiger charge is -2.32. The minimum Gasteiger partial charge on any atom is -0.445 e. The number of nitrogens with zero attached hydrogens (tertiary/aromatic N) is 2. The molecule has 0 aliphatic carbocycles. The van der Waals surface area contributed by atoms with E-state index in [-0.39, 0.29) is 61.9 Å². The first-order valence-electron chi connectivity index (χ1n) is 16.9. The van der Waals surface area contributed by atoms with Crippen LogP contribution in [0.15, 0.2) is 97.1 Å². The van der Waals surface area contributed by atoms with Crippen molar-refractivity contribution >= 4 is 23.8 Å². The zero-order valence-corrected chi connectivity index (χ0v) is 29.5. The molecule has 0 saturated carbocycles. The van der Waals surface area contributed by atoms with E-state index in [1.807, 2.05) is 48.5 Å². The van der Waals surface area contributed by atoms with Gasteiger partial charge in [-0.3, -0.25) is 9.59 Å². The minimum atomic E-state index is -1.20. The van der Waals surface area contributed by atoms with Gasteiger partial charge >= 0.3 is 12.2 Å². The Balaban J connectivity index is 0.000000237. The first-order chi connectivity index (χ1) is 25.5. The highest BCUT2D eigenvalue weighted by Crippen LogP contribution is 2.25. The quantitative estimate of drug-likeness (QED) is 0.158. The number of carbonyl (C=O) groups excluding carboxylic acids is 4. The van der Waals surface area contributed by atoms with Gasteiger partial charge in [0, 0.05) is 13.1 Å². The van der Waals surface area contributed by atoms with Crippen molar-refractivity contribution in [2.24, 2.45) is 0 Å². The molecule has 2 unspecified atom stereocenters. The van der Waals surface area contributed by atoms with E-state index >= 15 is 0 Å². The van der Waals surface area contributed by atoms with Crippen LogP contribution in [0.4, 0.5) is 18.4 Å². The SMILES string of the molecule is CC(=O)c1ccc(C(O)CN(CCO)C(=O)OCc2ccccc2)cc1F.CC(=O)c1ccc(C2CN(C(=O)OCc3ccccc3)CCO2)cc1F. The first kappa shape index (κ1) is 40.3. The van der Waals surface area contributed by atoms with E-state index in [2.05, 4.69) is 0 Å². The van der Waals surface area contributed by atoms with Gasteiger partial charge < -0.3 is 34.2 Å². The van der Waals surface area contributed by atoms with E-state index in [0.717, 1.165) is 22.1 Å². The Bertz CT molecular complexity index is 1840. The number of amides is 2. The molecule has 2 amide bonds. The number of hydrogen-bond acceptors (Lipinski definition) is 9. The molecule has 5 rings (SSSR count). The molecule has 1 heterocycles. The molecule has 13 heteroatoms. The molecule has 1 saturated heterocycles. The van der Waals surface area contributed by atoms with Crippen molar-refractivity contribution in [2.45, 2.75) is 39.3 Å². The molecule has 4 aromatic carbocycles. The van der Waals surface area contributed by atoms with Crippen LogP contribution in [0.25, 0.3) is 0 Å². The Morgan fingerprint density at radius 2 is 1.40 bits per heavy atom. The molecule has 280 valence electrons. The highest BCUT2D eigenvalue weighted by molar-refractivity contribution is 5.94. The van der Waals surface area contributed by atoms with Crippen molar-refractivity contribution in [2.75, 3.05) is 39.4 Å². The predicted octanol–water partition coefficient (Wildman–Crippen LogP) is 6.43. The van der Waals surface area contributed by atoms with Gasteiger partial charge in [-0.05, 0) is 60.4 Å². The largest absolute Gasteiger partial charge is 0.445 e. The molecule has 1 aliphatic heterocycles. The van der Waals surface area contributed by atoms with Crippen LogP contribution in [-0.2, 0) is 27.4 Å². The third-order valence-corrected chi connectivity index (χ3v) is 8.26. The number of carbonyl (C=O) groups is 4. The summed E-state index contributed by atoms with van der Waals surface area (Å²) in [4.78, 5) is 49.9. The standard InChI is InChI=1S/C20H22FNO5.C20H20FNO4/c1-14(24)17-8-7-16(11-18(17)21)19(25)12-22(9-10-23)20(26)27-13-15-5-3-2-4-6-15;1-14(23)17-8-7-16(11-18(17)21)19-12-22(9-10-25-19)20(24)26-13-15-5-3-2-4-6-15/h2-8,11,19,23,25H,9-10,12-13H2,1H3;2-8,11,19H,9-10,12-13H2,1H3. The topological polar surface area (TPSA) is 143 Å². The summed E-state index contributed by atoms with van der Waals surface area (Å²) in [7, 11) is 0. The number of morpholine rings is 1. The number of ketones is 2. The van der Waals surface area contributed by atoms with E-state index in [4.69, 9.17) is 19.3 Å². The van der Waals surface area contributed by atoms with Gasteiger partial charge in [-0.1, -0.05) is 72.8 Å². The Morgan fingerprint density at radius 1 is 0.830 bits per heavy atom. The van der Waals surface area contributed by atoms with Crippen molar-refractivity contribution in [1.29, 1.82) is 0 Å². The Kier molecular flexibility index (Phi) is 15.1. The lowest BCUT2D eigenvalue weighted by atomic mass is 10.0. The van der Waals surface area contributed by atoms with Crippen LogP contribution in [0, 0.1) is 11.6 Å². The number of benzene rings is 4. The predicted molar refractivity (Wildman–Crippen MR) is 190 cm³/mol. The Labute approximate surface area is 306 Å². The van der Waals surface area contributed by atoms with Gasteiger partial charge in [0.1, 0.15) is 31.0 Å². The molecule has 0 bridgehead atoms. The normalized spacial score (nSPS) is 14.3. The van der Waals surface area contributed by atoms with Crippen molar-refractivity contribution in [3.8, 4) is 0 Å². The van der Waals surface area contributed by atoms with Gasteiger partial charge in [-0.25, -0.2) is 18.4 Å². The van der Waals surface area contributed by atoms with E-state index in [9.17, 15) is 33.1 Å². The second kappa shape index (κ2) is 19.9. The number of ether oxygens (including phenoxy) is 3. The third-order valence-electron chi connectivity index (χ3n) is 8.26. The molecule has 11 nitrogen and oxygen atoms in total. The second-order valence-corrected chi connectivity index (χ2v) is 12.2. The second-order valence-electron chi connectivity index (χ2n) is 12.2. The molecule has 0 spiro atoms. The summed E-state index contributed by atoms with van der Waals surface area (Å²) >= 11 is 0. The van der Waals surface area contributed by atoms with Gasteiger partial charge in [-0.2, -0.15) is 0 Å². The number of hydrogen-bond donors (Lipinski definition) is 2. The summed E-state index contributed by atoms with van der Waals surface area (Å²) in [6, 6.07) is 26.7. The van der Waals surface area contributed by atoms with Gasteiger partial charge in [0.2, 0.25) is 0 Å². The smallest absolute Gasteiger partial charge is 0.410 e. The van der Waals surface area contributed by atoms with Gasteiger partial charge in [-0.15, -0.1) is 0 Å². The maximum atomic E-state index is 14.0. The number of aliphatic hydroxyl groups is 2. The lowest BCUT2D eigenvalue weighted by molar-refractivity contribution is -0.0297. The number of Topliss-reactive ketones (excluding diaryl/α,β-unsaturated/α-hetero) is 2. The van der Waals surface area contributed by atoms with Crippen LogP contribution in [0.5, 0.6) is 0 Å². The fourth-order valence-corrected chi connectivity index (χ4v) is 5.37. The zero-order chi connectivity index (χ0) is 38.3. The lowest BCUT2D eigenvalue weighted by Crippen LogP contribution is -2.42. The Hall–Kier alpha value is -5.50. The van der Waals surface area contributed by atoms with Crippen molar-refractivity contribution in [1.82, 2.24) is 9.80 Å². The maximum Gasteiger partial charge on any atom is 0.410 e. The average Bonchev–Trinajstić information content (AvgIpc) is 3.16. The van der Waals surface area contributed by atoms with E-state index in [0.29, 0.717) is 18.7 Å². The fraction of sp³-hybridized carbons (Fsp3) is 0.300. The maximum absolute atomic E-state index is 14.0. The fourth-order valence-electron chi connectivity index (χ4n) is 5.37. The summed E-state index contributed by atoms with van der Waals surface area (Å²) in [6.07, 6.45) is -2.78. The number of aliphatic hydroxyl groups excluding tert-OH is 2. The van der Waals surface area contributed by atoms with Gasteiger partial charge in [0.25, 0.3) is 0 Å². The Morgan fingerprint density at radius 3 is 1.94 bits per heavy atom. The summed E-state index contributed by atoms with van der Waals surface area (Å²) in [6.45, 7) is 3.30.